The van der Waals surface area contributed by atoms with Gasteiger partial charge in [-0.1, -0.05) is 6.92 Å². The third-order valence-corrected chi connectivity index (χ3v) is 5.78. The zero-order chi connectivity index (χ0) is 18.1. The van der Waals surface area contributed by atoms with Crippen LogP contribution in [-0.4, -0.2) is 48.3 Å². The van der Waals surface area contributed by atoms with Crippen LogP contribution in [0.3, 0.4) is 0 Å². The maximum atomic E-state index is 13.4. The number of amides is 1. The van der Waals surface area contributed by atoms with Crippen LogP contribution in [0.2, 0.25) is 0 Å². The lowest BCUT2D eigenvalue weighted by atomic mass is 9.98. The van der Waals surface area contributed by atoms with Gasteiger partial charge in [-0.05, 0) is 37.5 Å². The van der Waals surface area contributed by atoms with E-state index in [1.165, 1.54) is 18.9 Å². The molecule has 6 nitrogen and oxygen atoms in total. The Bertz CT molecular complexity index is 730. The van der Waals surface area contributed by atoms with Gasteiger partial charge in [0.05, 0.1) is 19.8 Å². The number of fused-ring (bicyclic) bond motifs is 1. The second kappa shape index (κ2) is 7.43. The van der Waals surface area contributed by atoms with E-state index in [1.807, 2.05) is 4.90 Å². The Balaban J connectivity index is 1.70. The highest BCUT2D eigenvalue weighted by Crippen LogP contribution is 2.32. The number of nitrogens with zero attached hydrogens (tertiary/aromatic N) is 2. The van der Waals surface area contributed by atoms with E-state index < -0.39 is 0 Å². The number of aromatic nitrogens is 1. The van der Waals surface area contributed by atoms with Gasteiger partial charge in [-0.15, -0.1) is 0 Å². The third kappa shape index (κ3) is 3.65. The Hall–Kier alpha value is -1.82. The van der Waals surface area contributed by atoms with Crippen LogP contribution < -0.4 is 10.3 Å². The summed E-state index contributed by atoms with van der Waals surface area (Å²) in [7, 11) is 0. The van der Waals surface area contributed by atoms with Crippen LogP contribution in [0.5, 0.6) is 5.75 Å². The minimum absolute atomic E-state index is 0.00773. The second-order valence-electron chi connectivity index (χ2n) is 7.91. The predicted molar refractivity (Wildman–Crippen MR) is 97.7 cm³/mol. The third-order valence-electron chi connectivity index (χ3n) is 5.78. The predicted octanol–water partition coefficient (Wildman–Crippen LogP) is 2.08. The quantitative estimate of drug-likeness (QED) is 0.825. The molecule has 1 aromatic heterocycles. The van der Waals surface area contributed by atoms with E-state index >= 15 is 0 Å². The first-order chi connectivity index (χ1) is 12.6. The molecule has 0 N–H and O–H groups in total. The van der Waals surface area contributed by atoms with E-state index in [-0.39, 0.29) is 11.5 Å². The number of rotatable bonds is 4. The van der Waals surface area contributed by atoms with Gasteiger partial charge < -0.3 is 18.9 Å². The van der Waals surface area contributed by atoms with Gasteiger partial charge in [0.15, 0.2) is 0 Å². The minimum Gasteiger partial charge on any atom is -0.492 e. The summed E-state index contributed by atoms with van der Waals surface area (Å²) < 4.78 is 13.2. The first-order valence-electron chi connectivity index (χ1n) is 9.90. The molecular formula is C20H28N2O4. The number of hydrogen-bond acceptors (Lipinski definition) is 4. The van der Waals surface area contributed by atoms with Gasteiger partial charge in [-0.25, -0.2) is 0 Å². The van der Waals surface area contributed by atoms with Crippen molar-refractivity contribution in [3.05, 3.63) is 27.7 Å². The van der Waals surface area contributed by atoms with Crippen LogP contribution >= 0.6 is 0 Å². The fourth-order valence-corrected chi connectivity index (χ4v) is 3.81. The molecule has 6 heteroatoms. The van der Waals surface area contributed by atoms with Crippen molar-refractivity contribution in [1.29, 1.82) is 0 Å². The molecule has 0 bridgehead atoms. The molecular weight excluding hydrogens is 332 g/mol. The minimum atomic E-state index is -0.0971. The van der Waals surface area contributed by atoms with Gasteiger partial charge in [0.2, 0.25) is 0 Å². The Labute approximate surface area is 154 Å². The van der Waals surface area contributed by atoms with Gasteiger partial charge >= 0.3 is 0 Å². The van der Waals surface area contributed by atoms with Crippen molar-refractivity contribution in [3.63, 3.8) is 0 Å². The van der Waals surface area contributed by atoms with Gasteiger partial charge in [0, 0.05) is 37.8 Å². The van der Waals surface area contributed by atoms with Crippen LogP contribution in [0.25, 0.3) is 0 Å². The number of hydrogen-bond donors (Lipinski definition) is 0. The van der Waals surface area contributed by atoms with E-state index in [1.54, 1.807) is 4.57 Å². The molecule has 3 heterocycles. The number of piperidine rings is 1. The highest BCUT2D eigenvalue weighted by atomic mass is 16.5. The first kappa shape index (κ1) is 17.6. The van der Waals surface area contributed by atoms with Gasteiger partial charge in [0.25, 0.3) is 11.5 Å². The molecule has 1 amide bonds. The molecule has 1 saturated carbocycles. The Kier molecular flexibility index (Phi) is 5.02. The number of likely N-dealkylation sites (tertiary alicyclic amines) is 1. The number of carbonyl (C=O) groups excluding carboxylic acids is 1. The summed E-state index contributed by atoms with van der Waals surface area (Å²) in [5.74, 6) is 1.71. The normalized spacial score (nSPS) is 21.2. The highest BCUT2D eigenvalue weighted by Gasteiger charge is 2.30. The largest absolute Gasteiger partial charge is 0.492 e. The molecule has 0 atom stereocenters. The number of ether oxygens (including phenoxy) is 2. The average molecular weight is 360 g/mol. The van der Waals surface area contributed by atoms with Crippen LogP contribution in [0.4, 0.5) is 0 Å². The summed E-state index contributed by atoms with van der Waals surface area (Å²) in [6.45, 7) is 5.91. The van der Waals surface area contributed by atoms with E-state index in [2.05, 4.69) is 6.92 Å². The van der Waals surface area contributed by atoms with E-state index in [0.717, 1.165) is 31.6 Å². The van der Waals surface area contributed by atoms with E-state index in [4.69, 9.17) is 9.47 Å². The summed E-state index contributed by atoms with van der Waals surface area (Å²) in [4.78, 5) is 27.9. The molecule has 0 radical (unpaired) electrons. The van der Waals surface area contributed by atoms with E-state index in [0.29, 0.717) is 55.9 Å². The lowest BCUT2D eigenvalue weighted by Gasteiger charge is -2.31. The van der Waals surface area contributed by atoms with Crippen molar-refractivity contribution in [2.45, 2.75) is 45.6 Å². The standard InChI is InChI=1S/C20H28N2O4/c1-14-4-7-21(8-5-14)20(24)19-16-6-10-25-11-9-22(16)18(23)12-17(19)26-13-15-2-3-15/h12,14-15H,2-11,13H2,1H3. The molecule has 1 aliphatic carbocycles. The van der Waals surface area contributed by atoms with Crippen LogP contribution in [0.1, 0.15) is 48.7 Å². The Morgan fingerprint density at radius 2 is 1.96 bits per heavy atom. The van der Waals surface area contributed by atoms with Crippen LogP contribution in [0, 0.1) is 11.8 Å². The summed E-state index contributed by atoms with van der Waals surface area (Å²) in [5.41, 5.74) is 1.27. The first-order valence-corrected chi connectivity index (χ1v) is 9.90. The van der Waals surface area contributed by atoms with Crippen molar-refractivity contribution in [3.8, 4) is 5.75 Å². The van der Waals surface area contributed by atoms with Gasteiger partial charge in [0.1, 0.15) is 11.3 Å². The fraction of sp³-hybridized carbons (Fsp3) is 0.700. The van der Waals surface area contributed by atoms with Crippen molar-refractivity contribution >= 4 is 5.91 Å². The lowest BCUT2D eigenvalue weighted by Crippen LogP contribution is -2.40. The number of pyridine rings is 1. The van der Waals surface area contributed by atoms with Crippen molar-refractivity contribution < 1.29 is 14.3 Å². The smallest absolute Gasteiger partial charge is 0.259 e. The molecule has 2 aliphatic heterocycles. The molecule has 1 aromatic rings. The lowest BCUT2D eigenvalue weighted by molar-refractivity contribution is 0.0690. The molecule has 3 aliphatic rings. The summed E-state index contributed by atoms with van der Waals surface area (Å²) in [6.07, 6.45) is 4.97. The molecule has 4 rings (SSSR count). The van der Waals surface area contributed by atoms with Crippen molar-refractivity contribution in [2.24, 2.45) is 11.8 Å². The fourth-order valence-electron chi connectivity index (χ4n) is 3.81. The molecule has 1 saturated heterocycles. The van der Waals surface area contributed by atoms with Crippen LogP contribution in [0.15, 0.2) is 10.9 Å². The zero-order valence-corrected chi connectivity index (χ0v) is 15.5. The molecule has 0 unspecified atom stereocenters. The maximum Gasteiger partial charge on any atom is 0.259 e. The second-order valence-corrected chi connectivity index (χ2v) is 7.91. The van der Waals surface area contributed by atoms with Gasteiger partial charge in [-0.2, -0.15) is 0 Å². The molecule has 2 fully saturated rings. The molecule has 142 valence electrons. The summed E-state index contributed by atoms with van der Waals surface area (Å²) in [5, 5.41) is 0. The maximum absolute atomic E-state index is 13.4. The molecule has 0 aromatic carbocycles. The SMILES string of the molecule is CC1CCN(C(=O)c2c(OCC3CC3)cc(=O)n3c2CCOCC3)CC1. The summed E-state index contributed by atoms with van der Waals surface area (Å²) in [6, 6.07) is 1.51. The Morgan fingerprint density at radius 3 is 2.69 bits per heavy atom. The summed E-state index contributed by atoms with van der Waals surface area (Å²) >= 11 is 0. The Morgan fingerprint density at radius 1 is 1.19 bits per heavy atom. The molecule has 0 spiro atoms. The molecule has 26 heavy (non-hydrogen) atoms. The zero-order valence-electron chi connectivity index (χ0n) is 15.5. The average Bonchev–Trinajstić information content (AvgIpc) is 3.47. The highest BCUT2D eigenvalue weighted by molar-refractivity contribution is 5.98. The van der Waals surface area contributed by atoms with Gasteiger partial charge in [-0.3, -0.25) is 9.59 Å². The van der Waals surface area contributed by atoms with Crippen LogP contribution in [-0.2, 0) is 17.7 Å². The topological polar surface area (TPSA) is 60.8 Å². The van der Waals surface area contributed by atoms with Crippen molar-refractivity contribution in [1.82, 2.24) is 9.47 Å². The number of carbonyl (C=O) groups is 1. The van der Waals surface area contributed by atoms with Crippen molar-refractivity contribution in [2.75, 3.05) is 32.9 Å². The van der Waals surface area contributed by atoms with E-state index in [9.17, 15) is 9.59 Å². The monoisotopic (exact) mass is 360 g/mol.